The molecule has 0 spiro atoms. The Hall–Kier alpha value is -2.60. The Labute approximate surface area is 168 Å². The van der Waals surface area contributed by atoms with Gasteiger partial charge in [-0.25, -0.2) is 0 Å². The highest BCUT2D eigenvalue weighted by molar-refractivity contribution is 5.79. The fourth-order valence-corrected chi connectivity index (χ4v) is 3.48. The van der Waals surface area contributed by atoms with Crippen molar-refractivity contribution in [2.75, 3.05) is 33.8 Å². The van der Waals surface area contributed by atoms with Crippen molar-refractivity contribution in [3.63, 3.8) is 0 Å². The van der Waals surface area contributed by atoms with Crippen molar-refractivity contribution in [2.24, 2.45) is 10.9 Å². The number of guanidine groups is 1. The number of nitrogens with one attached hydrogen (secondary N) is 2. The number of hydrogen-bond acceptors (Lipinski definition) is 4. The van der Waals surface area contributed by atoms with Crippen molar-refractivity contribution < 1.29 is 4.74 Å². The molecule has 0 amide bonds. The number of aliphatic imine (C=N–C) groups is 1. The molecule has 1 aliphatic heterocycles. The van der Waals surface area contributed by atoms with Crippen LogP contribution in [0.25, 0.3) is 0 Å². The molecule has 28 heavy (non-hydrogen) atoms. The quantitative estimate of drug-likeness (QED) is 0.570. The second-order valence-corrected chi connectivity index (χ2v) is 7.20. The van der Waals surface area contributed by atoms with Crippen LogP contribution in [-0.4, -0.2) is 49.6 Å². The minimum absolute atomic E-state index is 0.681. The van der Waals surface area contributed by atoms with Gasteiger partial charge in [0.1, 0.15) is 5.75 Å². The first-order valence-corrected chi connectivity index (χ1v) is 9.96. The van der Waals surface area contributed by atoms with Crippen molar-refractivity contribution in [1.29, 1.82) is 0 Å². The molecule has 150 valence electrons. The van der Waals surface area contributed by atoms with E-state index in [1.807, 2.05) is 43.6 Å². The van der Waals surface area contributed by atoms with Crippen LogP contribution in [0, 0.1) is 5.92 Å². The van der Waals surface area contributed by atoms with Crippen molar-refractivity contribution in [2.45, 2.75) is 25.9 Å². The number of pyridine rings is 1. The fourth-order valence-electron chi connectivity index (χ4n) is 3.48. The number of rotatable bonds is 7. The van der Waals surface area contributed by atoms with Gasteiger partial charge in [0, 0.05) is 26.3 Å². The molecule has 1 fully saturated rings. The lowest BCUT2D eigenvalue weighted by molar-refractivity contribution is 0.178. The summed E-state index contributed by atoms with van der Waals surface area (Å²) in [6.45, 7) is 4.92. The van der Waals surface area contributed by atoms with Gasteiger partial charge in [-0.05, 0) is 61.7 Å². The Morgan fingerprint density at radius 2 is 1.93 bits per heavy atom. The van der Waals surface area contributed by atoms with Crippen LogP contribution < -0.4 is 15.4 Å². The smallest absolute Gasteiger partial charge is 0.191 e. The van der Waals surface area contributed by atoms with Gasteiger partial charge in [-0.1, -0.05) is 18.2 Å². The largest absolute Gasteiger partial charge is 0.497 e. The Morgan fingerprint density at radius 3 is 2.57 bits per heavy atom. The van der Waals surface area contributed by atoms with E-state index in [-0.39, 0.29) is 0 Å². The predicted molar refractivity (Wildman–Crippen MR) is 113 cm³/mol. The molecule has 1 aliphatic rings. The zero-order valence-electron chi connectivity index (χ0n) is 16.9. The van der Waals surface area contributed by atoms with Crippen molar-refractivity contribution in [3.05, 3.63) is 59.9 Å². The molecule has 2 aromatic rings. The topological polar surface area (TPSA) is 61.8 Å². The van der Waals surface area contributed by atoms with E-state index in [1.165, 1.54) is 18.4 Å². The summed E-state index contributed by atoms with van der Waals surface area (Å²) >= 11 is 0. The SMILES string of the molecule is CN=C(NCc1ccccn1)NCC1CCN(Cc2ccc(OC)cc2)CC1. The molecule has 0 unspecified atom stereocenters. The van der Waals surface area contributed by atoms with E-state index in [0.29, 0.717) is 12.5 Å². The van der Waals surface area contributed by atoms with Crippen LogP contribution in [0.4, 0.5) is 0 Å². The maximum atomic E-state index is 5.23. The average molecular weight is 382 g/mol. The average Bonchev–Trinajstić information content (AvgIpc) is 2.76. The van der Waals surface area contributed by atoms with E-state index >= 15 is 0 Å². The minimum atomic E-state index is 0.681. The number of likely N-dealkylation sites (tertiary alicyclic amines) is 1. The van der Waals surface area contributed by atoms with Gasteiger partial charge in [-0.15, -0.1) is 0 Å². The van der Waals surface area contributed by atoms with Crippen molar-refractivity contribution in [1.82, 2.24) is 20.5 Å². The first-order valence-electron chi connectivity index (χ1n) is 9.96. The van der Waals surface area contributed by atoms with Gasteiger partial charge < -0.3 is 15.4 Å². The third-order valence-electron chi connectivity index (χ3n) is 5.22. The Kier molecular flexibility index (Phi) is 7.67. The molecule has 1 aromatic carbocycles. The maximum Gasteiger partial charge on any atom is 0.191 e. The molecule has 2 N–H and O–H groups in total. The monoisotopic (exact) mass is 381 g/mol. The normalized spacial score (nSPS) is 16.0. The molecule has 1 aromatic heterocycles. The van der Waals surface area contributed by atoms with Crippen LogP contribution in [0.2, 0.25) is 0 Å². The Bertz CT molecular complexity index is 724. The van der Waals surface area contributed by atoms with E-state index in [4.69, 9.17) is 4.74 Å². The van der Waals surface area contributed by atoms with E-state index in [9.17, 15) is 0 Å². The van der Waals surface area contributed by atoms with Gasteiger partial charge in [-0.2, -0.15) is 0 Å². The van der Waals surface area contributed by atoms with Gasteiger partial charge >= 0.3 is 0 Å². The zero-order valence-corrected chi connectivity index (χ0v) is 16.9. The summed E-state index contributed by atoms with van der Waals surface area (Å²) in [4.78, 5) is 11.2. The standard InChI is InChI=1S/C22H31N5O/c1-23-22(26-16-20-5-3-4-12-24-20)25-15-18-10-13-27(14-11-18)17-19-6-8-21(28-2)9-7-19/h3-9,12,18H,10-11,13-17H2,1-2H3,(H2,23,25,26). The second kappa shape index (κ2) is 10.7. The number of piperidine rings is 1. The lowest BCUT2D eigenvalue weighted by Gasteiger charge is -2.32. The summed E-state index contributed by atoms with van der Waals surface area (Å²) < 4.78 is 5.23. The van der Waals surface area contributed by atoms with Gasteiger partial charge in [0.15, 0.2) is 5.96 Å². The third kappa shape index (κ3) is 6.23. The molecular weight excluding hydrogens is 350 g/mol. The molecule has 0 atom stereocenters. The van der Waals surface area contributed by atoms with Crippen molar-refractivity contribution in [3.8, 4) is 5.75 Å². The highest BCUT2D eigenvalue weighted by Gasteiger charge is 2.19. The number of nitrogens with zero attached hydrogens (tertiary/aromatic N) is 3. The van der Waals surface area contributed by atoms with Gasteiger partial charge in [0.2, 0.25) is 0 Å². The zero-order chi connectivity index (χ0) is 19.6. The third-order valence-corrected chi connectivity index (χ3v) is 5.22. The van der Waals surface area contributed by atoms with Gasteiger partial charge in [0.25, 0.3) is 0 Å². The summed E-state index contributed by atoms with van der Waals surface area (Å²) in [6, 6.07) is 14.3. The first-order chi connectivity index (χ1) is 13.8. The summed E-state index contributed by atoms with van der Waals surface area (Å²) in [5, 5.41) is 6.80. The number of benzene rings is 1. The van der Waals surface area contributed by atoms with Crippen molar-refractivity contribution >= 4 is 5.96 Å². The summed E-state index contributed by atoms with van der Waals surface area (Å²) in [7, 11) is 3.52. The highest BCUT2D eigenvalue weighted by atomic mass is 16.5. The predicted octanol–water partition coefficient (Wildman–Crippen LogP) is 2.67. The van der Waals surface area contributed by atoms with Gasteiger partial charge in [-0.3, -0.25) is 14.9 Å². The number of hydrogen-bond donors (Lipinski definition) is 2. The van der Waals surface area contributed by atoms with E-state index in [1.54, 1.807) is 7.11 Å². The molecule has 2 heterocycles. The van der Waals surface area contributed by atoms with Crippen LogP contribution in [0.1, 0.15) is 24.1 Å². The minimum Gasteiger partial charge on any atom is -0.497 e. The molecule has 6 heteroatoms. The van der Waals surface area contributed by atoms with Gasteiger partial charge in [0.05, 0.1) is 19.3 Å². The number of ether oxygens (including phenoxy) is 1. The Balaban J connectivity index is 1.36. The van der Waals surface area contributed by atoms with E-state index in [0.717, 1.165) is 43.6 Å². The van der Waals surface area contributed by atoms with Crippen LogP contribution >= 0.6 is 0 Å². The van der Waals surface area contributed by atoms with Crippen LogP contribution in [0.5, 0.6) is 5.75 Å². The molecule has 1 saturated heterocycles. The first kappa shape index (κ1) is 20.1. The fraction of sp³-hybridized carbons (Fsp3) is 0.455. The molecule has 0 bridgehead atoms. The lowest BCUT2D eigenvalue weighted by Crippen LogP contribution is -2.42. The molecule has 6 nitrogen and oxygen atoms in total. The highest BCUT2D eigenvalue weighted by Crippen LogP contribution is 2.19. The molecule has 0 aliphatic carbocycles. The molecule has 3 rings (SSSR count). The molecule has 0 saturated carbocycles. The maximum absolute atomic E-state index is 5.23. The second-order valence-electron chi connectivity index (χ2n) is 7.20. The lowest BCUT2D eigenvalue weighted by atomic mass is 9.96. The van der Waals surface area contributed by atoms with Crippen LogP contribution in [-0.2, 0) is 13.1 Å². The van der Waals surface area contributed by atoms with E-state index < -0.39 is 0 Å². The number of methoxy groups -OCH3 is 1. The number of aromatic nitrogens is 1. The summed E-state index contributed by atoms with van der Waals surface area (Å²) in [5.74, 6) is 2.44. The van der Waals surface area contributed by atoms with Crippen LogP contribution in [0.15, 0.2) is 53.7 Å². The van der Waals surface area contributed by atoms with Crippen LogP contribution in [0.3, 0.4) is 0 Å². The van der Waals surface area contributed by atoms with E-state index in [2.05, 4.69) is 37.6 Å². The Morgan fingerprint density at radius 1 is 1.14 bits per heavy atom. The summed E-state index contributed by atoms with van der Waals surface area (Å²) in [6.07, 6.45) is 4.23. The molecular formula is C22H31N5O. The summed E-state index contributed by atoms with van der Waals surface area (Å²) in [5.41, 5.74) is 2.36. The molecule has 0 radical (unpaired) electrons.